The molecule has 1 aliphatic rings. The number of aryl methyl sites for hydroxylation is 1. The van der Waals surface area contributed by atoms with E-state index in [1.807, 2.05) is 25.5 Å². The SMILES string of the molecule is Cn1cc(-c2cnc3[nH]cc(C4NNC(=Nc5ccc(C(=O)NCC(=O)Nc6cccnc6)cc5Cl)O4)c3c2)cn1. The van der Waals surface area contributed by atoms with Crippen LogP contribution in [0.5, 0.6) is 0 Å². The van der Waals surface area contributed by atoms with Crippen molar-refractivity contribution in [2.45, 2.75) is 6.23 Å². The van der Waals surface area contributed by atoms with Gasteiger partial charge in [-0.1, -0.05) is 11.6 Å². The monoisotopic (exact) mass is 570 g/mol. The molecule has 1 atom stereocenters. The highest BCUT2D eigenvalue weighted by Crippen LogP contribution is 2.31. The van der Waals surface area contributed by atoms with Crippen molar-refractivity contribution in [3.63, 3.8) is 0 Å². The highest BCUT2D eigenvalue weighted by Gasteiger charge is 2.26. The number of hydrazine groups is 1. The van der Waals surface area contributed by atoms with Crippen molar-refractivity contribution in [1.29, 1.82) is 0 Å². The third-order valence-electron chi connectivity index (χ3n) is 6.21. The number of aliphatic imine (C=N–C) groups is 1. The van der Waals surface area contributed by atoms with Gasteiger partial charge in [0.25, 0.3) is 5.91 Å². The average Bonchev–Trinajstić information content (AvgIpc) is 3.73. The summed E-state index contributed by atoms with van der Waals surface area (Å²) < 4.78 is 7.73. The van der Waals surface area contributed by atoms with Crippen molar-refractivity contribution in [3.05, 3.63) is 89.7 Å². The lowest BCUT2D eigenvalue weighted by Gasteiger charge is -2.08. The van der Waals surface area contributed by atoms with Crippen LogP contribution in [0.4, 0.5) is 11.4 Å². The Kier molecular flexibility index (Phi) is 7.02. The van der Waals surface area contributed by atoms with Crippen LogP contribution in [0.2, 0.25) is 5.02 Å². The van der Waals surface area contributed by atoms with Crippen LogP contribution >= 0.6 is 11.6 Å². The van der Waals surface area contributed by atoms with E-state index in [0.29, 0.717) is 11.4 Å². The van der Waals surface area contributed by atoms with Crippen molar-refractivity contribution >= 4 is 51.8 Å². The number of H-pyrrole nitrogens is 1. The minimum atomic E-state index is -0.546. The Morgan fingerprint density at radius 1 is 1.17 bits per heavy atom. The number of ether oxygens (including phenoxy) is 1. The molecule has 5 N–H and O–H groups in total. The largest absolute Gasteiger partial charge is 0.439 e. The maximum atomic E-state index is 12.5. The number of aromatic nitrogens is 5. The van der Waals surface area contributed by atoms with E-state index in [4.69, 9.17) is 16.3 Å². The first kappa shape index (κ1) is 26.0. The summed E-state index contributed by atoms with van der Waals surface area (Å²) >= 11 is 6.42. The number of amides is 2. The van der Waals surface area contributed by atoms with Crippen LogP contribution in [0.3, 0.4) is 0 Å². The van der Waals surface area contributed by atoms with Crippen LogP contribution in [0, 0.1) is 0 Å². The number of benzene rings is 1. The van der Waals surface area contributed by atoms with Gasteiger partial charge in [0.05, 0.1) is 35.3 Å². The molecule has 2 amide bonds. The molecular weight excluding hydrogens is 548 g/mol. The lowest BCUT2D eigenvalue weighted by molar-refractivity contribution is -0.115. The number of hydrogen-bond donors (Lipinski definition) is 5. The molecule has 0 bridgehead atoms. The molecule has 0 aliphatic carbocycles. The molecule has 0 saturated carbocycles. The molecule has 6 rings (SSSR count). The van der Waals surface area contributed by atoms with Gasteiger partial charge in [0.2, 0.25) is 5.91 Å². The number of fused-ring (bicyclic) bond motifs is 1. The van der Waals surface area contributed by atoms with E-state index >= 15 is 0 Å². The molecule has 5 aromatic rings. The first-order valence-corrected chi connectivity index (χ1v) is 12.8. The number of carbonyl (C=O) groups is 2. The van der Waals surface area contributed by atoms with E-state index in [1.165, 1.54) is 12.3 Å². The first-order valence-electron chi connectivity index (χ1n) is 12.4. The maximum absolute atomic E-state index is 12.5. The topological polar surface area (TPSA) is 163 Å². The van der Waals surface area contributed by atoms with Gasteiger partial charge in [0, 0.05) is 59.5 Å². The predicted octanol–water partition coefficient (Wildman–Crippen LogP) is 3.19. The fourth-order valence-corrected chi connectivity index (χ4v) is 4.44. The van der Waals surface area contributed by atoms with Crippen LogP contribution in [0.25, 0.3) is 22.2 Å². The third-order valence-corrected chi connectivity index (χ3v) is 6.51. The van der Waals surface area contributed by atoms with E-state index < -0.39 is 12.1 Å². The van der Waals surface area contributed by atoms with Crippen molar-refractivity contribution in [2.75, 3.05) is 11.9 Å². The Hall–Kier alpha value is -5.27. The molecular formula is C27H23ClN10O3. The molecule has 1 saturated heterocycles. The molecule has 1 aliphatic heterocycles. The Morgan fingerprint density at radius 3 is 2.85 bits per heavy atom. The molecule has 0 spiro atoms. The lowest BCUT2D eigenvalue weighted by Crippen LogP contribution is -2.32. The second-order valence-electron chi connectivity index (χ2n) is 9.09. The number of amidine groups is 1. The van der Waals surface area contributed by atoms with Crippen LogP contribution in [0.1, 0.15) is 22.1 Å². The number of anilines is 1. The van der Waals surface area contributed by atoms with Gasteiger partial charge in [-0.05, 0) is 36.4 Å². The Balaban J connectivity index is 1.11. The van der Waals surface area contributed by atoms with Gasteiger partial charge in [-0.25, -0.2) is 4.98 Å². The average molecular weight is 571 g/mol. The van der Waals surface area contributed by atoms with Gasteiger partial charge < -0.3 is 20.4 Å². The zero-order valence-electron chi connectivity index (χ0n) is 21.6. The second kappa shape index (κ2) is 11.1. The van der Waals surface area contributed by atoms with Gasteiger partial charge in [-0.3, -0.25) is 24.7 Å². The molecule has 4 aromatic heterocycles. The minimum Gasteiger partial charge on any atom is -0.439 e. The van der Waals surface area contributed by atoms with Crippen molar-refractivity contribution < 1.29 is 14.3 Å². The lowest BCUT2D eigenvalue weighted by atomic mass is 10.1. The third kappa shape index (κ3) is 5.71. The van der Waals surface area contributed by atoms with Gasteiger partial charge in [-0.2, -0.15) is 15.5 Å². The van der Waals surface area contributed by atoms with E-state index in [0.717, 1.165) is 27.7 Å². The van der Waals surface area contributed by atoms with Crippen LogP contribution in [0.15, 0.2) is 78.6 Å². The normalized spacial score (nSPS) is 15.5. The number of nitrogens with zero attached hydrogens (tertiary/aromatic N) is 5. The molecule has 206 valence electrons. The van der Waals surface area contributed by atoms with E-state index in [1.54, 1.807) is 47.5 Å². The molecule has 1 unspecified atom stereocenters. The second-order valence-corrected chi connectivity index (χ2v) is 9.50. The summed E-state index contributed by atoms with van der Waals surface area (Å²) in [6.45, 7) is -0.215. The molecule has 0 radical (unpaired) electrons. The highest BCUT2D eigenvalue weighted by molar-refractivity contribution is 6.33. The molecule has 1 fully saturated rings. The predicted molar refractivity (Wildman–Crippen MR) is 152 cm³/mol. The fourth-order valence-electron chi connectivity index (χ4n) is 4.21. The number of halogens is 1. The van der Waals surface area contributed by atoms with Gasteiger partial charge in [-0.15, -0.1) is 0 Å². The van der Waals surface area contributed by atoms with E-state index in [9.17, 15) is 9.59 Å². The number of rotatable bonds is 7. The Labute approximate surface area is 238 Å². The summed E-state index contributed by atoms with van der Waals surface area (Å²) in [6.07, 6.45) is 9.88. The fraction of sp³-hybridized carbons (Fsp3) is 0.111. The standard InChI is InChI=1S/C27H23ClN10O3/c1-38-14-17(10-33-38)16-7-19-20(12-31-24(19)30-9-16)26-36-37-27(41-26)35-22-5-4-15(8-21(22)28)25(40)32-13-23(39)34-18-3-2-6-29-11-18/h2-12,14,26,36H,13H2,1H3,(H,30,31)(H,32,40)(H,34,39)(H,35,37). The number of aromatic amines is 1. The summed E-state index contributed by atoms with van der Waals surface area (Å²) in [7, 11) is 1.86. The smallest absolute Gasteiger partial charge is 0.306 e. The van der Waals surface area contributed by atoms with Crippen LogP contribution in [-0.4, -0.2) is 49.1 Å². The summed E-state index contributed by atoms with van der Waals surface area (Å²) in [5.41, 5.74) is 10.6. The van der Waals surface area contributed by atoms with Crippen molar-refractivity contribution in [1.82, 2.24) is 40.9 Å². The van der Waals surface area contributed by atoms with E-state index in [2.05, 4.69) is 46.5 Å². The summed E-state index contributed by atoms with van der Waals surface area (Å²) in [6, 6.07) is 10.2. The molecule has 1 aromatic carbocycles. The minimum absolute atomic E-state index is 0.201. The Bertz CT molecular complexity index is 1780. The summed E-state index contributed by atoms with van der Waals surface area (Å²) in [5.74, 6) is -0.839. The summed E-state index contributed by atoms with van der Waals surface area (Å²) in [5, 5.41) is 10.6. The quantitative estimate of drug-likeness (QED) is 0.199. The molecule has 5 heterocycles. The molecule has 13 nitrogen and oxygen atoms in total. The van der Waals surface area contributed by atoms with Crippen molar-refractivity contribution in [3.8, 4) is 11.1 Å². The van der Waals surface area contributed by atoms with Gasteiger partial charge in [0.15, 0.2) is 6.23 Å². The summed E-state index contributed by atoms with van der Waals surface area (Å²) in [4.78, 5) is 40.7. The zero-order valence-corrected chi connectivity index (χ0v) is 22.3. The van der Waals surface area contributed by atoms with Crippen LogP contribution < -0.4 is 21.5 Å². The number of pyridine rings is 2. The van der Waals surface area contributed by atoms with Crippen LogP contribution in [-0.2, 0) is 16.6 Å². The van der Waals surface area contributed by atoms with E-state index in [-0.39, 0.29) is 29.1 Å². The van der Waals surface area contributed by atoms with Gasteiger partial charge >= 0.3 is 6.02 Å². The van der Waals surface area contributed by atoms with Crippen molar-refractivity contribution in [2.24, 2.45) is 12.0 Å². The Morgan fingerprint density at radius 2 is 2.07 bits per heavy atom. The number of nitrogens with one attached hydrogen (secondary N) is 5. The molecule has 14 heteroatoms. The number of hydrogen-bond acceptors (Lipinski definition) is 8. The maximum Gasteiger partial charge on any atom is 0.306 e. The van der Waals surface area contributed by atoms with Gasteiger partial charge in [0.1, 0.15) is 5.65 Å². The molecule has 41 heavy (non-hydrogen) atoms. The highest BCUT2D eigenvalue weighted by atomic mass is 35.5. The zero-order chi connectivity index (χ0) is 28.3. The first-order chi connectivity index (χ1) is 19.9. The number of carbonyl (C=O) groups excluding carboxylic acids is 2.